The molecule has 3 aromatic rings. The van der Waals surface area contributed by atoms with Crippen molar-refractivity contribution in [2.45, 2.75) is 0 Å². The highest BCUT2D eigenvalue weighted by atomic mass is 32.1. The van der Waals surface area contributed by atoms with Crippen LogP contribution < -0.4 is 4.74 Å². The molecule has 16 heavy (non-hydrogen) atoms. The average Bonchev–Trinajstić information content (AvgIpc) is 2.91. The van der Waals surface area contributed by atoms with Crippen molar-refractivity contribution < 1.29 is 4.74 Å². The first kappa shape index (κ1) is 9.29. The molecule has 0 aromatic carbocycles. The van der Waals surface area contributed by atoms with Gasteiger partial charge in [-0.3, -0.25) is 0 Å². The number of hydrogen-bond acceptors (Lipinski definition) is 5. The molecule has 3 heterocycles. The summed E-state index contributed by atoms with van der Waals surface area (Å²) in [7, 11) is 1.60. The normalized spacial score (nSPS) is 10.8. The van der Waals surface area contributed by atoms with Gasteiger partial charge < -0.3 is 4.74 Å². The molecule has 0 aliphatic rings. The van der Waals surface area contributed by atoms with E-state index in [4.69, 9.17) is 4.74 Å². The van der Waals surface area contributed by atoms with Crippen molar-refractivity contribution in [3.05, 3.63) is 30.0 Å². The molecule has 0 aliphatic carbocycles. The van der Waals surface area contributed by atoms with Gasteiger partial charge in [0.25, 0.3) is 0 Å². The smallest absolute Gasteiger partial charge is 0.212 e. The number of pyridine rings is 1. The van der Waals surface area contributed by atoms with Gasteiger partial charge in [0.05, 0.1) is 19.0 Å². The molecule has 0 saturated carbocycles. The van der Waals surface area contributed by atoms with Gasteiger partial charge in [0, 0.05) is 17.8 Å². The van der Waals surface area contributed by atoms with Gasteiger partial charge in [0.1, 0.15) is 5.51 Å². The van der Waals surface area contributed by atoms with Crippen LogP contribution in [-0.2, 0) is 0 Å². The molecule has 80 valence electrons. The van der Waals surface area contributed by atoms with E-state index in [9.17, 15) is 0 Å². The third-order valence-electron chi connectivity index (χ3n) is 2.27. The molecule has 5 nitrogen and oxygen atoms in total. The van der Waals surface area contributed by atoms with Crippen molar-refractivity contribution in [2.24, 2.45) is 0 Å². The molecular formula is C10H8N4OS. The minimum atomic E-state index is 0.600. The van der Waals surface area contributed by atoms with E-state index < -0.39 is 0 Å². The Hall–Kier alpha value is -1.95. The maximum absolute atomic E-state index is 5.01. The summed E-state index contributed by atoms with van der Waals surface area (Å²) in [6.45, 7) is 0. The van der Waals surface area contributed by atoms with E-state index in [-0.39, 0.29) is 0 Å². The highest BCUT2D eigenvalue weighted by Gasteiger charge is 2.08. The fourth-order valence-corrected chi connectivity index (χ4v) is 2.08. The summed E-state index contributed by atoms with van der Waals surface area (Å²) in [4.78, 5) is 9.29. The Morgan fingerprint density at radius 3 is 2.94 bits per heavy atom. The zero-order valence-electron chi connectivity index (χ0n) is 8.49. The summed E-state index contributed by atoms with van der Waals surface area (Å²) in [5.41, 5.74) is 3.67. The molecule has 0 N–H and O–H groups in total. The molecule has 6 heteroatoms. The highest BCUT2D eigenvalue weighted by Crippen LogP contribution is 2.22. The number of fused-ring (bicyclic) bond motifs is 1. The summed E-state index contributed by atoms with van der Waals surface area (Å²) in [6.07, 6.45) is 3.55. The molecule has 3 aromatic heterocycles. The van der Waals surface area contributed by atoms with Gasteiger partial charge >= 0.3 is 0 Å². The van der Waals surface area contributed by atoms with E-state index in [1.165, 1.54) is 11.3 Å². The summed E-state index contributed by atoms with van der Waals surface area (Å²) in [5, 5.41) is 4.21. The molecule has 0 amide bonds. The zero-order chi connectivity index (χ0) is 11.0. The Morgan fingerprint density at radius 1 is 1.25 bits per heavy atom. The largest absolute Gasteiger partial charge is 0.481 e. The van der Waals surface area contributed by atoms with Gasteiger partial charge in [0.15, 0.2) is 0 Å². The number of aromatic nitrogens is 4. The lowest BCUT2D eigenvalue weighted by molar-refractivity contribution is 0.398. The first-order chi connectivity index (χ1) is 7.88. The minimum Gasteiger partial charge on any atom is -0.481 e. The van der Waals surface area contributed by atoms with Crippen LogP contribution >= 0.6 is 11.3 Å². The standard InChI is InChI=1S/C10H8N4OS/c1-15-9-3-2-7(4-11-9)8-5-12-10-14(8)13-6-16-10/h2-6H,1H3. The number of imidazole rings is 1. The minimum absolute atomic E-state index is 0.600. The van der Waals surface area contributed by atoms with Crippen LogP contribution in [0.15, 0.2) is 30.0 Å². The number of hydrogen-bond donors (Lipinski definition) is 0. The molecule has 0 fully saturated rings. The highest BCUT2D eigenvalue weighted by molar-refractivity contribution is 7.14. The van der Waals surface area contributed by atoms with Gasteiger partial charge in [0.2, 0.25) is 10.8 Å². The van der Waals surface area contributed by atoms with Crippen LogP contribution in [0.25, 0.3) is 16.2 Å². The Labute approximate surface area is 95.4 Å². The maximum Gasteiger partial charge on any atom is 0.212 e. The molecule has 0 aliphatic heterocycles. The van der Waals surface area contributed by atoms with E-state index in [1.807, 2.05) is 12.1 Å². The number of ether oxygens (including phenoxy) is 1. The lowest BCUT2D eigenvalue weighted by atomic mass is 10.2. The van der Waals surface area contributed by atoms with Gasteiger partial charge in [-0.1, -0.05) is 11.3 Å². The molecule has 0 unspecified atom stereocenters. The SMILES string of the molecule is COc1ccc(-c2cnc3scnn23)cn1. The Kier molecular flexibility index (Phi) is 2.07. The zero-order valence-corrected chi connectivity index (χ0v) is 9.31. The molecule has 0 bridgehead atoms. The topological polar surface area (TPSA) is 52.3 Å². The summed E-state index contributed by atoms with van der Waals surface area (Å²) in [6, 6.07) is 3.76. The second-order valence-corrected chi connectivity index (χ2v) is 3.98. The quantitative estimate of drug-likeness (QED) is 0.676. The van der Waals surface area contributed by atoms with Gasteiger partial charge in [-0.05, 0) is 6.07 Å². The van der Waals surface area contributed by atoms with E-state index in [0.717, 1.165) is 16.2 Å². The van der Waals surface area contributed by atoms with Crippen molar-refractivity contribution >= 4 is 16.3 Å². The fraction of sp³-hybridized carbons (Fsp3) is 0.100. The number of rotatable bonds is 2. The van der Waals surface area contributed by atoms with Crippen molar-refractivity contribution in [3.8, 4) is 17.1 Å². The number of methoxy groups -OCH3 is 1. The van der Waals surface area contributed by atoms with Crippen LogP contribution in [0, 0.1) is 0 Å². The van der Waals surface area contributed by atoms with Crippen LogP contribution in [0.4, 0.5) is 0 Å². The first-order valence-corrected chi connectivity index (χ1v) is 5.54. The third kappa shape index (κ3) is 1.35. The van der Waals surface area contributed by atoms with Gasteiger partial charge in [-0.25, -0.2) is 14.5 Å². The lowest BCUT2D eigenvalue weighted by Crippen LogP contribution is -1.90. The molecule has 0 atom stereocenters. The predicted octanol–water partition coefficient (Wildman–Crippen LogP) is 1.86. The van der Waals surface area contributed by atoms with Crippen molar-refractivity contribution in [1.82, 2.24) is 19.6 Å². The Bertz CT molecular complexity index is 613. The van der Waals surface area contributed by atoms with Crippen molar-refractivity contribution in [1.29, 1.82) is 0 Å². The lowest BCUT2D eigenvalue weighted by Gasteiger charge is -2.00. The Balaban J connectivity index is 2.12. The van der Waals surface area contributed by atoms with Crippen LogP contribution in [0.3, 0.4) is 0 Å². The fourth-order valence-electron chi connectivity index (χ4n) is 1.49. The predicted molar refractivity (Wildman–Crippen MR) is 60.6 cm³/mol. The van der Waals surface area contributed by atoms with E-state index in [1.54, 1.807) is 29.5 Å². The maximum atomic E-state index is 5.01. The van der Waals surface area contributed by atoms with Gasteiger partial charge in [-0.15, -0.1) is 0 Å². The average molecular weight is 232 g/mol. The molecule has 0 saturated heterocycles. The second-order valence-electron chi connectivity index (χ2n) is 3.17. The molecule has 3 rings (SSSR count). The summed E-state index contributed by atoms with van der Waals surface area (Å²) >= 11 is 1.51. The monoisotopic (exact) mass is 232 g/mol. The molecule has 0 spiro atoms. The first-order valence-electron chi connectivity index (χ1n) is 4.66. The van der Waals surface area contributed by atoms with E-state index >= 15 is 0 Å². The van der Waals surface area contributed by atoms with Crippen LogP contribution in [-0.4, -0.2) is 26.7 Å². The number of nitrogens with zero attached hydrogens (tertiary/aromatic N) is 4. The molecular weight excluding hydrogens is 224 g/mol. The third-order valence-corrected chi connectivity index (χ3v) is 2.96. The second kappa shape index (κ2) is 3.57. The summed E-state index contributed by atoms with van der Waals surface area (Å²) < 4.78 is 6.81. The van der Waals surface area contributed by atoms with Gasteiger partial charge in [-0.2, -0.15) is 5.10 Å². The van der Waals surface area contributed by atoms with Crippen LogP contribution in [0.1, 0.15) is 0 Å². The molecule has 0 radical (unpaired) electrons. The van der Waals surface area contributed by atoms with Crippen LogP contribution in [0.2, 0.25) is 0 Å². The van der Waals surface area contributed by atoms with E-state index in [0.29, 0.717) is 5.88 Å². The Morgan fingerprint density at radius 2 is 2.19 bits per heavy atom. The van der Waals surface area contributed by atoms with Crippen LogP contribution in [0.5, 0.6) is 5.88 Å². The van der Waals surface area contributed by atoms with E-state index in [2.05, 4.69) is 15.1 Å². The van der Waals surface area contributed by atoms with Crippen molar-refractivity contribution in [3.63, 3.8) is 0 Å². The van der Waals surface area contributed by atoms with Crippen molar-refractivity contribution in [2.75, 3.05) is 7.11 Å². The summed E-state index contributed by atoms with van der Waals surface area (Å²) in [5.74, 6) is 0.600.